The summed E-state index contributed by atoms with van der Waals surface area (Å²) in [6.45, 7) is 1.83. The van der Waals surface area contributed by atoms with Crippen LogP contribution in [0.1, 0.15) is 25.3 Å². The minimum absolute atomic E-state index is 0.0597. The molecule has 2 N–H and O–H groups in total. The number of hydrogen-bond acceptors (Lipinski definition) is 2. The van der Waals surface area contributed by atoms with Gasteiger partial charge in [-0.1, -0.05) is 31.2 Å². The lowest BCUT2D eigenvalue weighted by Crippen LogP contribution is -2.36. The SMILES string of the molecule is CCC(CO)NC(=O)C/C=C/c1cccc(F)c1. The lowest BCUT2D eigenvalue weighted by Gasteiger charge is -2.12. The molecule has 0 saturated carbocycles. The predicted octanol–water partition coefficient (Wildman–Crippen LogP) is 2.12. The first kappa shape index (κ1) is 14.4. The Hall–Kier alpha value is -1.68. The quantitative estimate of drug-likeness (QED) is 0.813. The molecule has 0 saturated heterocycles. The van der Waals surface area contributed by atoms with Crippen molar-refractivity contribution in [3.63, 3.8) is 0 Å². The maximum Gasteiger partial charge on any atom is 0.224 e. The minimum atomic E-state index is -0.298. The number of benzene rings is 1. The van der Waals surface area contributed by atoms with Crippen LogP contribution in [0.25, 0.3) is 6.08 Å². The fourth-order valence-electron chi connectivity index (χ4n) is 1.48. The first-order valence-corrected chi connectivity index (χ1v) is 5.98. The van der Waals surface area contributed by atoms with Crippen molar-refractivity contribution in [2.45, 2.75) is 25.8 Å². The van der Waals surface area contributed by atoms with Crippen LogP contribution in [0.15, 0.2) is 30.3 Å². The number of aliphatic hydroxyl groups is 1. The van der Waals surface area contributed by atoms with Gasteiger partial charge in [0.2, 0.25) is 5.91 Å². The van der Waals surface area contributed by atoms with Crippen LogP contribution in [0.4, 0.5) is 4.39 Å². The van der Waals surface area contributed by atoms with Crippen molar-refractivity contribution in [2.75, 3.05) is 6.61 Å². The first-order chi connectivity index (χ1) is 8.65. The molecule has 98 valence electrons. The van der Waals surface area contributed by atoms with Gasteiger partial charge in [-0.3, -0.25) is 4.79 Å². The molecule has 3 nitrogen and oxygen atoms in total. The van der Waals surface area contributed by atoms with Gasteiger partial charge in [-0.15, -0.1) is 0 Å². The highest BCUT2D eigenvalue weighted by atomic mass is 19.1. The normalized spacial score (nSPS) is 12.6. The topological polar surface area (TPSA) is 49.3 Å². The first-order valence-electron chi connectivity index (χ1n) is 5.98. The lowest BCUT2D eigenvalue weighted by atomic mass is 10.2. The van der Waals surface area contributed by atoms with Gasteiger partial charge in [0.1, 0.15) is 5.82 Å². The summed E-state index contributed by atoms with van der Waals surface area (Å²) in [6, 6.07) is 5.96. The van der Waals surface area contributed by atoms with E-state index in [0.29, 0.717) is 6.42 Å². The second-order valence-electron chi connectivity index (χ2n) is 4.02. The summed E-state index contributed by atoms with van der Waals surface area (Å²) in [5.41, 5.74) is 0.719. The number of amides is 1. The van der Waals surface area contributed by atoms with E-state index < -0.39 is 0 Å². The number of halogens is 1. The monoisotopic (exact) mass is 251 g/mol. The Bertz CT molecular complexity index is 414. The van der Waals surface area contributed by atoms with Crippen LogP contribution in [0, 0.1) is 5.82 Å². The molecular formula is C14H18FNO2. The highest BCUT2D eigenvalue weighted by molar-refractivity contribution is 5.78. The molecule has 18 heavy (non-hydrogen) atoms. The van der Waals surface area contributed by atoms with E-state index in [9.17, 15) is 9.18 Å². The minimum Gasteiger partial charge on any atom is -0.394 e. The van der Waals surface area contributed by atoms with E-state index >= 15 is 0 Å². The maximum atomic E-state index is 12.9. The van der Waals surface area contributed by atoms with E-state index in [1.54, 1.807) is 24.3 Å². The van der Waals surface area contributed by atoms with E-state index in [0.717, 1.165) is 5.56 Å². The third-order valence-corrected chi connectivity index (χ3v) is 2.54. The van der Waals surface area contributed by atoms with Crippen molar-refractivity contribution < 1.29 is 14.3 Å². The summed E-state index contributed by atoms with van der Waals surface area (Å²) in [4.78, 5) is 11.5. The van der Waals surface area contributed by atoms with Crippen LogP contribution < -0.4 is 5.32 Å². The summed E-state index contributed by atoms with van der Waals surface area (Å²) >= 11 is 0. The largest absolute Gasteiger partial charge is 0.394 e. The summed E-state index contributed by atoms with van der Waals surface area (Å²) in [5, 5.41) is 11.6. The zero-order chi connectivity index (χ0) is 13.4. The van der Waals surface area contributed by atoms with Crippen molar-refractivity contribution in [3.05, 3.63) is 41.7 Å². The van der Waals surface area contributed by atoms with E-state index in [1.807, 2.05) is 6.92 Å². The summed E-state index contributed by atoms with van der Waals surface area (Å²) in [6.07, 6.45) is 4.28. The van der Waals surface area contributed by atoms with Gasteiger partial charge >= 0.3 is 0 Å². The molecule has 0 fully saturated rings. The van der Waals surface area contributed by atoms with Crippen LogP contribution in [0.5, 0.6) is 0 Å². The molecule has 1 rings (SSSR count). The van der Waals surface area contributed by atoms with Crippen LogP contribution >= 0.6 is 0 Å². The summed E-state index contributed by atoms with van der Waals surface area (Å²) in [7, 11) is 0. The molecule has 1 aromatic rings. The highest BCUT2D eigenvalue weighted by Gasteiger charge is 2.06. The fourth-order valence-corrected chi connectivity index (χ4v) is 1.48. The predicted molar refractivity (Wildman–Crippen MR) is 69.4 cm³/mol. The van der Waals surface area contributed by atoms with E-state index in [1.165, 1.54) is 12.1 Å². The molecule has 1 unspecified atom stereocenters. The summed E-state index contributed by atoms with van der Waals surface area (Å²) in [5.74, 6) is -0.448. The van der Waals surface area contributed by atoms with Crippen molar-refractivity contribution in [3.8, 4) is 0 Å². The second-order valence-corrected chi connectivity index (χ2v) is 4.02. The average molecular weight is 251 g/mol. The molecule has 0 bridgehead atoms. The molecule has 0 aliphatic heterocycles. The Morgan fingerprint density at radius 2 is 2.33 bits per heavy atom. The van der Waals surface area contributed by atoms with E-state index in [2.05, 4.69) is 5.32 Å². The summed E-state index contributed by atoms with van der Waals surface area (Å²) < 4.78 is 12.9. The fraction of sp³-hybridized carbons (Fsp3) is 0.357. The van der Waals surface area contributed by atoms with Crippen LogP contribution in [0.3, 0.4) is 0 Å². The molecule has 0 aliphatic rings. The zero-order valence-electron chi connectivity index (χ0n) is 10.4. The Kier molecular flexibility index (Phi) is 6.08. The maximum absolute atomic E-state index is 12.9. The van der Waals surface area contributed by atoms with Gasteiger partial charge in [0.15, 0.2) is 0 Å². The zero-order valence-corrected chi connectivity index (χ0v) is 10.4. The van der Waals surface area contributed by atoms with Crippen molar-refractivity contribution >= 4 is 12.0 Å². The van der Waals surface area contributed by atoms with Gasteiger partial charge < -0.3 is 10.4 Å². The van der Waals surface area contributed by atoms with Crippen molar-refractivity contribution in [1.29, 1.82) is 0 Å². The van der Waals surface area contributed by atoms with E-state index in [4.69, 9.17) is 5.11 Å². The third-order valence-electron chi connectivity index (χ3n) is 2.54. The smallest absolute Gasteiger partial charge is 0.224 e. The number of aliphatic hydroxyl groups excluding tert-OH is 1. The van der Waals surface area contributed by atoms with Crippen molar-refractivity contribution in [1.82, 2.24) is 5.32 Å². The van der Waals surface area contributed by atoms with E-state index in [-0.39, 0.29) is 30.8 Å². The highest BCUT2D eigenvalue weighted by Crippen LogP contribution is 2.05. The van der Waals surface area contributed by atoms with Gasteiger partial charge in [0, 0.05) is 6.42 Å². The molecule has 0 spiro atoms. The van der Waals surface area contributed by atoms with Gasteiger partial charge in [-0.25, -0.2) is 4.39 Å². The van der Waals surface area contributed by atoms with Gasteiger partial charge in [-0.05, 0) is 24.1 Å². The molecule has 4 heteroatoms. The van der Waals surface area contributed by atoms with Gasteiger partial charge in [0.25, 0.3) is 0 Å². The number of nitrogens with one attached hydrogen (secondary N) is 1. The van der Waals surface area contributed by atoms with Crippen molar-refractivity contribution in [2.24, 2.45) is 0 Å². The number of hydrogen-bond donors (Lipinski definition) is 2. The standard InChI is InChI=1S/C14H18FNO2/c1-2-13(10-17)16-14(18)8-4-6-11-5-3-7-12(15)9-11/h3-7,9,13,17H,2,8,10H2,1H3,(H,16,18)/b6-4+. The van der Waals surface area contributed by atoms with Gasteiger partial charge in [0.05, 0.1) is 12.6 Å². The molecule has 1 amide bonds. The lowest BCUT2D eigenvalue weighted by molar-refractivity contribution is -0.121. The molecule has 0 radical (unpaired) electrons. The Labute approximate surface area is 106 Å². The Morgan fingerprint density at radius 3 is 2.94 bits per heavy atom. The Morgan fingerprint density at radius 1 is 1.56 bits per heavy atom. The molecule has 0 heterocycles. The number of carbonyl (C=O) groups is 1. The van der Waals surface area contributed by atoms with Crippen LogP contribution in [0.2, 0.25) is 0 Å². The van der Waals surface area contributed by atoms with Crippen LogP contribution in [-0.2, 0) is 4.79 Å². The third kappa shape index (κ3) is 5.10. The number of carbonyl (C=O) groups excluding carboxylic acids is 1. The average Bonchev–Trinajstić information content (AvgIpc) is 2.36. The molecule has 0 aromatic heterocycles. The number of rotatable bonds is 6. The van der Waals surface area contributed by atoms with Crippen LogP contribution in [-0.4, -0.2) is 23.7 Å². The molecule has 1 atom stereocenters. The van der Waals surface area contributed by atoms with Gasteiger partial charge in [-0.2, -0.15) is 0 Å². The Balaban J connectivity index is 2.42. The second kappa shape index (κ2) is 7.61. The molecule has 1 aromatic carbocycles. The molecular weight excluding hydrogens is 233 g/mol. The molecule has 0 aliphatic carbocycles.